The van der Waals surface area contributed by atoms with Crippen LogP contribution in [0.25, 0.3) is 0 Å². The molecule has 4 nitrogen and oxygen atoms in total. The molecule has 1 aliphatic heterocycles. The monoisotopic (exact) mass is 221 g/mol. The Morgan fingerprint density at radius 3 is 2.85 bits per heavy atom. The van der Waals surface area contributed by atoms with Crippen LogP contribution in [0, 0.1) is 0 Å². The van der Waals surface area contributed by atoms with Crippen molar-refractivity contribution in [2.24, 2.45) is 0 Å². The van der Waals surface area contributed by atoms with E-state index in [4.69, 9.17) is 5.11 Å². The van der Waals surface area contributed by atoms with Crippen molar-refractivity contribution >= 4 is 33.5 Å². The Bertz CT molecular complexity index is 242. The number of amides is 1. The smallest absolute Gasteiger partial charge is 0.327 e. The summed E-state index contributed by atoms with van der Waals surface area (Å²) in [5.41, 5.74) is 0. The molecule has 1 aliphatic rings. The van der Waals surface area contributed by atoms with Gasteiger partial charge in [0.15, 0.2) is 0 Å². The molecule has 0 aromatic rings. The molecular weight excluding hydrogens is 210 g/mol. The van der Waals surface area contributed by atoms with E-state index in [1.54, 1.807) is 13.8 Å². The molecule has 0 unspecified atom stereocenters. The van der Waals surface area contributed by atoms with Crippen LogP contribution in [0.5, 0.6) is 0 Å². The number of hydrogen-bond donors (Lipinski definition) is 2. The zero-order chi connectivity index (χ0) is 10.1. The van der Waals surface area contributed by atoms with Crippen molar-refractivity contribution in [3.63, 3.8) is 0 Å². The van der Waals surface area contributed by atoms with Gasteiger partial charge in [0, 0.05) is 5.75 Å². The Morgan fingerprint density at radius 1 is 1.69 bits per heavy atom. The van der Waals surface area contributed by atoms with Crippen LogP contribution in [0.15, 0.2) is 0 Å². The summed E-state index contributed by atoms with van der Waals surface area (Å²) in [7, 11) is 2.83. The average Bonchev–Trinajstić information content (AvgIpc) is 2.12. The van der Waals surface area contributed by atoms with Crippen LogP contribution in [0.1, 0.15) is 13.8 Å². The highest BCUT2D eigenvalue weighted by Crippen LogP contribution is 2.38. The molecule has 74 valence electrons. The van der Waals surface area contributed by atoms with Gasteiger partial charge in [-0.1, -0.05) is 21.6 Å². The second kappa shape index (κ2) is 3.79. The summed E-state index contributed by atoms with van der Waals surface area (Å²) >= 11 is 0. The van der Waals surface area contributed by atoms with E-state index >= 15 is 0 Å². The van der Waals surface area contributed by atoms with Crippen molar-refractivity contribution in [1.29, 1.82) is 0 Å². The summed E-state index contributed by atoms with van der Waals surface area (Å²) in [5, 5.41) is 11.2. The quantitative estimate of drug-likeness (QED) is 0.639. The lowest BCUT2D eigenvalue weighted by Gasteiger charge is -2.18. The maximum Gasteiger partial charge on any atom is 0.327 e. The maximum absolute atomic E-state index is 11.4. The second-order valence-electron chi connectivity index (χ2n) is 3.24. The Kier molecular flexibility index (Phi) is 3.13. The average molecular weight is 221 g/mol. The fraction of sp³-hybridized carbons (Fsp3) is 0.714. The van der Waals surface area contributed by atoms with Crippen molar-refractivity contribution in [3.05, 3.63) is 0 Å². The predicted molar refractivity (Wildman–Crippen MR) is 53.7 cm³/mol. The summed E-state index contributed by atoms with van der Waals surface area (Å²) in [6.07, 6.45) is 0. The van der Waals surface area contributed by atoms with E-state index in [2.05, 4.69) is 5.32 Å². The molecule has 0 saturated carbocycles. The van der Waals surface area contributed by atoms with Gasteiger partial charge in [0.05, 0.1) is 4.75 Å². The number of carbonyl (C=O) groups excluding carboxylic acids is 1. The number of carboxylic acid groups (broad SMARTS) is 1. The first kappa shape index (κ1) is 10.7. The van der Waals surface area contributed by atoms with Crippen LogP contribution in [-0.2, 0) is 9.59 Å². The lowest BCUT2D eigenvalue weighted by atomic mass is 10.2. The van der Waals surface area contributed by atoms with Gasteiger partial charge in [-0.25, -0.2) is 4.79 Å². The van der Waals surface area contributed by atoms with E-state index in [1.165, 1.54) is 21.6 Å². The van der Waals surface area contributed by atoms with Crippen LogP contribution >= 0.6 is 21.6 Å². The molecule has 1 rings (SSSR count). The van der Waals surface area contributed by atoms with Crippen LogP contribution in [-0.4, -0.2) is 33.5 Å². The van der Waals surface area contributed by atoms with Crippen LogP contribution in [0.2, 0.25) is 0 Å². The first-order valence-electron chi connectivity index (χ1n) is 3.78. The zero-order valence-corrected chi connectivity index (χ0v) is 9.00. The summed E-state index contributed by atoms with van der Waals surface area (Å²) in [6.45, 7) is 3.56. The summed E-state index contributed by atoms with van der Waals surface area (Å²) in [6, 6.07) is -0.758. The lowest BCUT2D eigenvalue weighted by molar-refractivity contribution is -0.141. The van der Waals surface area contributed by atoms with Crippen molar-refractivity contribution < 1.29 is 14.7 Å². The van der Waals surface area contributed by atoms with Crippen molar-refractivity contribution in [2.75, 3.05) is 5.75 Å². The highest BCUT2D eigenvalue weighted by atomic mass is 33.1. The molecule has 0 radical (unpaired) electrons. The third kappa shape index (κ3) is 2.54. The van der Waals surface area contributed by atoms with E-state index in [0.29, 0.717) is 5.75 Å². The van der Waals surface area contributed by atoms with Crippen LogP contribution < -0.4 is 5.32 Å². The molecule has 6 heteroatoms. The number of rotatable bonds is 1. The Hall–Kier alpha value is -0.360. The minimum atomic E-state index is -0.973. The number of carboxylic acids is 1. The summed E-state index contributed by atoms with van der Waals surface area (Å²) in [4.78, 5) is 22.1. The van der Waals surface area contributed by atoms with Gasteiger partial charge in [0.2, 0.25) is 5.91 Å². The summed E-state index contributed by atoms with van der Waals surface area (Å²) in [5.74, 6) is -0.774. The van der Waals surface area contributed by atoms with E-state index < -0.39 is 16.8 Å². The fourth-order valence-electron chi connectivity index (χ4n) is 0.794. The van der Waals surface area contributed by atoms with Gasteiger partial charge in [-0.05, 0) is 13.8 Å². The van der Waals surface area contributed by atoms with E-state index in [9.17, 15) is 9.59 Å². The van der Waals surface area contributed by atoms with Crippen molar-refractivity contribution in [3.8, 4) is 0 Å². The molecule has 1 atom stereocenters. The first-order chi connectivity index (χ1) is 5.93. The number of carbonyl (C=O) groups is 2. The Morgan fingerprint density at radius 2 is 2.31 bits per heavy atom. The number of aliphatic carboxylic acids is 1. The van der Waals surface area contributed by atoms with E-state index in [-0.39, 0.29) is 5.91 Å². The molecule has 2 N–H and O–H groups in total. The molecule has 0 bridgehead atoms. The standard InChI is InChI=1S/C7H11NO3S2/c1-7(2)6(11)8-4(5(9)10)3-12-13-7/h4H,3H2,1-2H3,(H,8,11)(H,9,10)/t4-/m0/s1. The van der Waals surface area contributed by atoms with Gasteiger partial charge in [-0.15, -0.1) is 0 Å². The third-order valence-electron chi connectivity index (χ3n) is 1.65. The van der Waals surface area contributed by atoms with E-state index in [0.717, 1.165) is 0 Å². The predicted octanol–water partition coefficient (Wildman–Crippen LogP) is 0.729. The molecule has 1 saturated heterocycles. The summed E-state index contributed by atoms with van der Waals surface area (Å²) < 4.78 is -0.547. The Balaban J connectivity index is 2.72. The zero-order valence-electron chi connectivity index (χ0n) is 7.36. The third-order valence-corrected chi connectivity index (χ3v) is 4.85. The molecule has 0 spiro atoms. The lowest BCUT2D eigenvalue weighted by Crippen LogP contribution is -2.47. The maximum atomic E-state index is 11.4. The van der Waals surface area contributed by atoms with Gasteiger partial charge in [-0.3, -0.25) is 4.79 Å². The second-order valence-corrected chi connectivity index (χ2v) is 6.21. The highest BCUT2D eigenvalue weighted by Gasteiger charge is 2.35. The molecular formula is C7H11NO3S2. The first-order valence-corrected chi connectivity index (χ1v) is 6.10. The SMILES string of the molecule is CC1(C)SSC[C@@H](C(=O)O)NC1=O. The van der Waals surface area contributed by atoms with Crippen molar-refractivity contribution in [2.45, 2.75) is 24.6 Å². The molecule has 0 aromatic carbocycles. The normalized spacial score (nSPS) is 27.5. The molecule has 0 aliphatic carbocycles. The molecule has 1 amide bonds. The van der Waals surface area contributed by atoms with E-state index in [1.807, 2.05) is 0 Å². The minimum absolute atomic E-state index is 0.213. The number of hydrogen-bond acceptors (Lipinski definition) is 4. The van der Waals surface area contributed by atoms with Crippen LogP contribution in [0.4, 0.5) is 0 Å². The Labute approximate surface area is 84.2 Å². The largest absolute Gasteiger partial charge is 0.480 e. The molecule has 0 aromatic heterocycles. The van der Waals surface area contributed by atoms with Gasteiger partial charge in [0.1, 0.15) is 6.04 Å². The van der Waals surface area contributed by atoms with Gasteiger partial charge < -0.3 is 10.4 Å². The highest BCUT2D eigenvalue weighted by molar-refractivity contribution is 8.77. The van der Waals surface area contributed by atoms with Gasteiger partial charge >= 0.3 is 5.97 Å². The number of nitrogens with one attached hydrogen (secondary N) is 1. The van der Waals surface area contributed by atoms with Gasteiger partial charge in [-0.2, -0.15) is 0 Å². The minimum Gasteiger partial charge on any atom is -0.480 e. The van der Waals surface area contributed by atoms with Gasteiger partial charge in [0.25, 0.3) is 0 Å². The molecule has 13 heavy (non-hydrogen) atoms. The topological polar surface area (TPSA) is 66.4 Å². The van der Waals surface area contributed by atoms with Crippen LogP contribution in [0.3, 0.4) is 0 Å². The molecule has 1 heterocycles. The molecule has 1 fully saturated rings. The fourth-order valence-corrected chi connectivity index (χ4v) is 3.38. The van der Waals surface area contributed by atoms with Crippen molar-refractivity contribution in [1.82, 2.24) is 5.32 Å².